The van der Waals surface area contributed by atoms with Gasteiger partial charge in [-0.25, -0.2) is 4.98 Å². The largest absolute Gasteiger partial charge is 0.379 e. The Balaban J connectivity index is 1.99. The number of nitrogens with one attached hydrogen (secondary N) is 2. The lowest BCUT2D eigenvalue weighted by molar-refractivity contribution is -0.383. The molecule has 100 valence electrons. The summed E-state index contributed by atoms with van der Waals surface area (Å²) in [5, 5.41) is 21.7. The molecule has 0 aliphatic rings. The summed E-state index contributed by atoms with van der Waals surface area (Å²) in [4.78, 5) is 14.7. The smallest absolute Gasteiger partial charge is 0.295 e. The molecule has 2 heterocycles. The summed E-state index contributed by atoms with van der Waals surface area (Å²) in [6.45, 7) is 0.557. The number of aromatic nitrogens is 3. The molecule has 0 saturated carbocycles. The lowest BCUT2D eigenvalue weighted by Crippen LogP contribution is -2.01. The Morgan fingerprint density at radius 2 is 2.15 bits per heavy atom. The van der Waals surface area contributed by atoms with Gasteiger partial charge in [0.1, 0.15) is 5.52 Å². The summed E-state index contributed by atoms with van der Waals surface area (Å²) in [6.07, 6.45) is 3.22. The van der Waals surface area contributed by atoms with Crippen molar-refractivity contribution in [2.45, 2.75) is 6.54 Å². The number of rotatable bonds is 4. The molecule has 0 unspecified atom stereocenters. The third kappa shape index (κ3) is 2.16. The first kappa shape index (κ1) is 12.1. The number of non-ortho nitro benzene ring substituents is 1. The van der Waals surface area contributed by atoms with Gasteiger partial charge in [0.2, 0.25) is 0 Å². The SMILES string of the molecule is O=[N+]([O-])c1ccc(NCc2ccn[nH]2)c2cccnc12. The van der Waals surface area contributed by atoms with Gasteiger partial charge in [-0.15, -0.1) is 0 Å². The highest BCUT2D eigenvalue weighted by atomic mass is 16.6. The number of nitrogens with zero attached hydrogens (tertiary/aromatic N) is 3. The van der Waals surface area contributed by atoms with Gasteiger partial charge in [-0.05, 0) is 24.3 Å². The summed E-state index contributed by atoms with van der Waals surface area (Å²) in [5.41, 5.74) is 2.12. The number of hydrogen-bond acceptors (Lipinski definition) is 5. The van der Waals surface area contributed by atoms with E-state index in [0.717, 1.165) is 16.8 Å². The number of anilines is 1. The van der Waals surface area contributed by atoms with Crippen molar-refractivity contribution in [2.24, 2.45) is 0 Å². The van der Waals surface area contributed by atoms with Crippen LogP contribution in [0.3, 0.4) is 0 Å². The van der Waals surface area contributed by atoms with Crippen molar-refractivity contribution in [2.75, 3.05) is 5.32 Å². The molecule has 0 amide bonds. The highest BCUT2D eigenvalue weighted by molar-refractivity contribution is 5.96. The normalized spacial score (nSPS) is 10.6. The van der Waals surface area contributed by atoms with E-state index in [0.29, 0.717) is 12.1 Å². The van der Waals surface area contributed by atoms with E-state index in [4.69, 9.17) is 0 Å². The summed E-state index contributed by atoms with van der Waals surface area (Å²) >= 11 is 0. The molecule has 0 spiro atoms. The van der Waals surface area contributed by atoms with Crippen molar-refractivity contribution in [1.82, 2.24) is 15.2 Å². The molecule has 0 aliphatic heterocycles. The highest BCUT2D eigenvalue weighted by Crippen LogP contribution is 2.29. The fourth-order valence-electron chi connectivity index (χ4n) is 2.03. The second kappa shape index (κ2) is 4.96. The minimum atomic E-state index is -0.423. The van der Waals surface area contributed by atoms with E-state index in [1.165, 1.54) is 6.07 Å². The van der Waals surface area contributed by atoms with Crippen LogP contribution >= 0.6 is 0 Å². The van der Waals surface area contributed by atoms with E-state index in [2.05, 4.69) is 20.5 Å². The van der Waals surface area contributed by atoms with Crippen molar-refractivity contribution >= 4 is 22.3 Å². The molecule has 0 saturated heterocycles. The van der Waals surface area contributed by atoms with Gasteiger partial charge in [0.05, 0.1) is 17.2 Å². The monoisotopic (exact) mass is 269 g/mol. The van der Waals surface area contributed by atoms with Crippen LogP contribution in [0.4, 0.5) is 11.4 Å². The zero-order valence-corrected chi connectivity index (χ0v) is 10.4. The molecule has 0 fully saturated rings. The third-order valence-corrected chi connectivity index (χ3v) is 2.97. The van der Waals surface area contributed by atoms with Crippen LogP contribution in [-0.2, 0) is 6.54 Å². The van der Waals surface area contributed by atoms with E-state index in [1.54, 1.807) is 24.5 Å². The van der Waals surface area contributed by atoms with Crippen molar-refractivity contribution in [1.29, 1.82) is 0 Å². The summed E-state index contributed by atoms with van der Waals surface area (Å²) in [5.74, 6) is 0. The predicted octanol–water partition coefficient (Wildman–Crippen LogP) is 2.48. The molecule has 20 heavy (non-hydrogen) atoms. The number of nitro benzene ring substituents is 1. The first-order valence-corrected chi connectivity index (χ1v) is 6.00. The topological polar surface area (TPSA) is 96.7 Å². The van der Waals surface area contributed by atoms with E-state index in [1.807, 2.05) is 12.1 Å². The van der Waals surface area contributed by atoms with Gasteiger partial charge in [-0.1, -0.05) is 0 Å². The van der Waals surface area contributed by atoms with Crippen LogP contribution in [0.2, 0.25) is 0 Å². The van der Waals surface area contributed by atoms with Crippen molar-refractivity contribution in [3.05, 3.63) is 58.5 Å². The molecule has 0 atom stereocenters. The predicted molar refractivity (Wildman–Crippen MR) is 74.3 cm³/mol. The quantitative estimate of drug-likeness (QED) is 0.560. The maximum absolute atomic E-state index is 11.0. The second-order valence-corrected chi connectivity index (χ2v) is 4.22. The van der Waals surface area contributed by atoms with Crippen LogP contribution in [-0.4, -0.2) is 20.1 Å². The number of H-pyrrole nitrogens is 1. The molecule has 7 nitrogen and oxygen atoms in total. The van der Waals surface area contributed by atoms with Crippen LogP contribution in [0.1, 0.15) is 5.69 Å². The lowest BCUT2D eigenvalue weighted by atomic mass is 10.1. The van der Waals surface area contributed by atoms with Crippen LogP contribution < -0.4 is 5.32 Å². The molecule has 1 aromatic carbocycles. The Bertz CT molecular complexity index is 755. The van der Waals surface area contributed by atoms with Crippen LogP contribution in [0.25, 0.3) is 10.9 Å². The molecule has 0 bridgehead atoms. The number of aromatic amines is 1. The van der Waals surface area contributed by atoms with Crippen LogP contribution in [0, 0.1) is 10.1 Å². The van der Waals surface area contributed by atoms with Crippen molar-refractivity contribution in [3.8, 4) is 0 Å². The minimum absolute atomic E-state index is 0.00712. The summed E-state index contributed by atoms with van der Waals surface area (Å²) in [7, 11) is 0. The molecule has 2 aromatic heterocycles. The summed E-state index contributed by atoms with van der Waals surface area (Å²) < 4.78 is 0. The van der Waals surface area contributed by atoms with Crippen LogP contribution in [0.15, 0.2) is 42.7 Å². The number of fused-ring (bicyclic) bond motifs is 1. The number of pyridine rings is 1. The fourth-order valence-corrected chi connectivity index (χ4v) is 2.03. The maximum Gasteiger partial charge on any atom is 0.295 e. The van der Waals surface area contributed by atoms with E-state index < -0.39 is 4.92 Å². The zero-order valence-electron chi connectivity index (χ0n) is 10.4. The molecule has 3 rings (SSSR count). The Morgan fingerprint density at radius 3 is 2.90 bits per heavy atom. The van der Waals surface area contributed by atoms with Crippen LogP contribution in [0.5, 0.6) is 0 Å². The summed E-state index contributed by atoms with van der Waals surface area (Å²) in [6, 6.07) is 8.58. The van der Waals surface area contributed by atoms with Gasteiger partial charge in [0.15, 0.2) is 0 Å². The van der Waals surface area contributed by atoms with Crippen molar-refractivity contribution < 1.29 is 4.92 Å². The Morgan fingerprint density at radius 1 is 1.25 bits per heavy atom. The van der Waals surface area contributed by atoms with Crippen molar-refractivity contribution in [3.63, 3.8) is 0 Å². The van der Waals surface area contributed by atoms with Gasteiger partial charge in [-0.3, -0.25) is 15.2 Å². The Hall–Kier alpha value is -2.96. The molecule has 0 radical (unpaired) electrons. The van der Waals surface area contributed by atoms with E-state index in [9.17, 15) is 10.1 Å². The first-order valence-electron chi connectivity index (χ1n) is 6.00. The molecule has 7 heteroatoms. The number of benzene rings is 1. The molecule has 2 N–H and O–H groups in total. The van der Waals surface area contributed by atoms with Gasteiger partial charge in [0, 0.05) is 29.5 Å². The van der Waals surface area contributed by atoms with Gasteiger partial charge >= 0.3 is 0 Å². The fraction of sp³-hybridized carbons (Fsp3) is 0.0769. The average Bonchev–Trinajstić information content (AvgIpc) is 2.97. The lowest BCUT2D eigenvalue weighted by Gasteiger charge is -2.08. The molecule has 0 aliphatic carbocycles. The Labute approximate surface area is 113 Å². The molecular formula is C13H11N5O2. The highest BCUT2D eigenvalue weighted by Gasteiger charge is 2.15. The first-order chi connectivity index (χ1) is 9.75. The second-order valence-electron chi connectivity index (χ2n) is 4.22. The van der Waals surface area contributed by atoms with Gasteiger partial charge in [-0.2, -0.15) is 5.10 Å². The van der Waals surface area contributed by atoms with E-state index in [-0.39, 0.29) is 5.69 Å². The van der Waals surface area contributed by atoms with Gasteiger partial charge in [0.25, 0.3) is 5.69 Å². The minimum Gasteiger partial charge on any atom is -0.379 e. The maximum atomic E-state index is 11.0. The average molecular weight is 269 g/mol. The zero-order chi connectivity index (χ0) is 13.9. The van der Waals surface area contributed by atoms with E-state index >= 15 is 0 Å². The Kier molecular flexibility index (Phi) is 3.00. The molecular weight excluding hydrogens is 258 g/mol. The van der Waals surface area contributed by atoms with Gasteiger partial charge < -0.3 is 5.32 Å². The standard InChI is InChI=1S/C13H11N5O2/c19-18(20)12-4-3-11(10-2-1-6-14-13(10)12)15-8-9-5-7-16-17-9/h1-7,15H,8H2,(H,16,17). The number of nitro groups is 1. The third-order valence-electron chi connectivity index (χ3n) is 2.97. The molecule has 3 aromatic rings. The number of hydrogen-bond donors (Lipinski definition) is 2.